The third-order valence-electron chi connectivity index (χ3n) is 1.88. The smallest absolute Gasteiger partial charge is 0.0424 e. The molecule has 1 aromatic rings. The topological polar surface area (TPSA) is 26.0 Å². The summed E-state index contributed by atoms with van der Waals surface area (Å²) in [4.78, 5) is 0. The maximum Gasteiger partial charge on any atom is 0.0424 e. The van der Waals surface area contributed by atoms with Crippen molar-refractivity contribution in [2.75, 3.05) is 0 Å². The highest BCUT2D eigenvalue weighted by Crippen LogP contribution is 2.25. The molecular weight excluding hydrogens is 217 g/mol. The fourth-order valence-corrected chi connectivity index (χ4v) is 1.83. The van der Waals surface area contributed by atoms with Gasteiger partial charge in [-0.05, 0) is 37.1 Å². The van der Waals surface area contributed by atoms with E-state index in [0.29, 0.717) is 10.0 Å². The molecule has 14 heavy (non-hydrogen) atoms. The van der Waals surface area contributed by atoms with Gasteiger partial charge < -0.3 is 5.73 Å². The summed E-state index contributed by atoms with van der Waals surface area (Å²) in [5, 5.41) is 1.23. The predicted molar refractivity (Wildman–Crippen MR) is 62.8 cm³/mol. The highest BCUT2D eigenvalue weighted by atomic mass is 35.5. The minimum absolute atomic E-state index is 0.0799. The van der Waals surface area contributed by atoms with E-state index in [1.54, 1.807) is 6.07 Å². The van der Waals surface area contributed by atoms with Crippen molar-refractivity contribution in [3.05, 3.63) is 46.0 Å². The highest BCUT2D eigenvalue weighted by Gasteiger charge is 2.07. The van der Waals surface area contributed by atoms with Crippen molar-refractivity contribution in [3.8, 4) is 0 Å². The van der Waals surface area contributed by atoms with Crippen molar-refractivity contribution < 1.29 is 0 Å². The van der Waals surface area contributed by atoms with Crippen molar-refractivity contribution in [3.63, 3.8) is 0 Å². The summed E-state index contributed by atoms with van der Waals surface area (Å²) in [6, 6.07) is 5.28. The van der Waals surface area contributed by atoms with Gasteiger partial charge >= 0.3 is 0 Å². The first-order valence-corrected chi connectivity index (χ1v) is 5.10. The molecule has 1 unspecified atom stereocenters. The van der Waals surface area contributed by atoms with E-state index in [-0.39, 0.29) is 6.04 Å². The lowest BCUT2D eigenvalue weighted by Crippen LogP contribution is -2.10. The first-order chi connectivity index (χ1) is 6.49. The van der Waals surface area contributed by atoms with E-state index in [1.165, 1.54) is 0 Å². The zero-order valence-electron chi connectivity index (χ0n) is 8.06. The number of rotatable bonds is 3. The van der Waals surface area contributed by atoms with Crippen LogP contribution in [0, 0.1) is 0 Å². The number of hydrogen-bond donors (Lipinski definition) is 1. The Bertz CT molecular complexity index is 327. The Morgan fingerprint density at radius 1 is 1.36 bits per heavy atom. The molecule has 0 bridgehead atoms. The Balaban J connectivity index is 2.89. The molecule has 0 fully saturated rings. The minimum Gasteiger partial charge on any atom is -0.324 e. The molecule has 2 N–H and O–H groups in total. The average molecular weight is 230 g/mol. The van der Waals surface area contributed by atoms with Crippen LogP contribution in [0.25, 0.3) is 0 Å². The van der Waals surface area contributed by atoms with Crippen molar-refractivity contribution >= 4 is 23.2 Å². The predicted octanol–water partition coefficient (Wildman–Crippen LogP) is 3.96. The Kier molecular flexibility index (Phi) is 3.99. The highest BCUT2D eigenvalue weighted by molar-refractivity contribution is 6.34. The van der Waals surface area contributed by atoms with Gasteiger partial charge in [0, 0.05) is 16.1 Å². The summed E-state index contributed by atoms with van der Waals surface area (Å²) < 4.78 is 0. The van der Waals surface area contributed by atoms with E-state index < -0.39 is 0 Å². The average Bonchev–Trinajstić information content (AvgIpc) is 2.00. The summed E-state index contributed by atoms with van der Waals surface area (Å²) in [7, 11) is 0. The lowest BCUT2D eigenvalue weighted by molar-refractivity contribution is 0.717. The zero-order valence-corrected chi connectivity index (χ0v) is 9.57. The zero-order chi connectivity index (χ0) is 10.7. The second-order valence-electron chi connectivity index (χ2n) is 3.47. The monoisotopic (exact) mass is 229 g/mol. The van der Waals surface area contributed by atoms with Crippen LogP contribution in [0.3, 0.4) is 0 Å². The maximum atomic E-state index is 5.96. The van der Waals surface area contributed by atoms with Gasteiger partial charge in [-0.2, -0.15) is 0 Å². The molecule has 0 saturated carbocycles. The van der Waals surface area contributed by atoms with Gasteiger partial charge in [-0.15, -0.1) is 6.58 Å². The van der Waals surface area contributed by atoms with Gasteiger partial charge in [-0.3, -0.25) is 0 Å². The van der Waals surface area contributed by atoms with E-state index in [1.807, 2.05) is 19.1 Å². The SMILES string of the molecule is C=C(C)CC(N)c1cc(Cl)cc(Cl)c1. The molecule has 1 atom stereocenters. The fourth-order valence-electron chi connectivity index (χ4n) is 1.28. The molecule has 1 rings (SSSR count). The summed E-state index contributed by atoms with van der Waals surface area (Å²) >= 11 is 11.7. The summed E-state index contributed by atoms with van der Waals surface area (Å²) in [6.45, 7) is 5.77. The second kappa shape index (κ2) is 4.83. The van der Waals surface area contributed by atoms with Crippen LogP contribution in [-0.4, -0.2) is 0 Å². The van der Waals surface area contributed by atoms with E-state index in [4.69, 9.17) is 28.9 Å². The van der Waals surface area contributed by atoms with Gasteiger partial charge in [-0.1, -0.05) is 28.8 Å². The van der Waals surface area contributed by atoms with Gasteiger partial charge in [0.2, 0.25) is 0 Å². The second-order valence-corrected chi connectivity index (χ2v) is 4.34. The first kappa shape index (κ1) is 11.6. The first-order valence-electron chi connectivity index (χ1n) is 4.35. The van der Waals surface area contributed by atoms with Crippen LogP contribution < -0.4 is 5.73 Å². The number of nitrogens with two attached hydrogens (primary N) is 1. The van der Waals surface area contributed by atoms with Gasteiger partial charge in [-0.25, -0.2) is 0 Å². The largest absolute Gasteiger partial charge is 0.324 e. The molecule has 0 aromatic heterocycles. The maximum absolute atomic E-state index is 5.96. The standard InChI is InChI=1S/C11H13Cl2N/c1-7(2)3-11(14)8-4-9(12)6-10(13)5-8/h4-6,11H,1,3,14H2,2H3. The molecule has 0 amide bonds. The van der Waals surface area contributed by atoms with Crippen LogP contribution in [-0.2, 0) is 0 Å². The third-order valence-corrected chi connectivity index (χ3v) is 2.32. The third kappa shape index (κ3) is 3.33. The van der Waals surface area contributed by atoms with Gasteiger partial charge in [0.15, 0.2) is 0 Å². The lowest BCUT2D eigenvalue weighted by atomic mass is 10.0. The van der Waals surface area contributed by atoms with Crippen molar-refractivity contribution in [1.82, 2.24) is 0 Å². The van der Waals surface area contributed by atoms with E-state index in [2.05, 4.69) is 6.58 Å². The Labute approximate surface area is 94.5 Å². The van der Waals surface area contributed by atoms with Crippen molar-refractivity contribution in [1.29, 1.82) is 0 Å². The van der Waals surface area contributed by atoms with Crippen molar-refractivity contribution in [2.24, 2.45) is 5.73 Å². The minimum atomic E-state index is -0.0799. The molecule has 0 spiro atoms. The molecule has 0 saturated heterocycles. The number of hydrogen-bond acceptors (Lipinski definition) is 1. The quantitative estimate of drug-likeness (QED) is 0.781. The Morgan fingerprint density at radius 3 is 2.29 bits per heavy atom. The summed E-state index contributed by atoms with van der Waals surface area (Å²) in [5.41, 5.74) is 7.95. The molecule has 76 valence electrons. The van der Waals surface area contributed by atoms with Gasteiger partial charge in [0.1, 0.15) is 0 Å². The van der Waals surface area contributed by atoms with Crippen molar-refractivity contribution in [2.45, 2.75) is 19.4 Å². The van der Waals surface area contributed by atoms with E-state index in [0.717, 1.165) is 17.6 Å². The van der Waals surface area contributed by atoms with Crippen LogP contribution >= 0.6 is 23.2 Å². The molecule has 0 aliphatic heterocycles. The molecule has 0 aliphatic rings. The molecule has 0 aliphatic carbocycles. The normalized spacial score (nSPS) is 12.6. The molecule has 1 aromatic carbocycles. The van der Waals surface area contributed by atoms with E-state index >= 15 is 0 Å². The fraction of sp³-hybridized carbons (Fsp3) is 0.273. The Hall–Kier alpha value is -0.500. The molecule has 0 heterocycles. The van der Waals surface area contributed by atoms with Crippen LogP contribution in [0.2, 0.25) is 10.0 Å². The van der Waals surface area contributed by atoms with Crippen LogP contribution in [0.1, 0.15) is 24.9 Å². The Morgan fingerprint density at radius 2 is 1.86 bits per heavy atom. The van der Waals surface area contributed by atoms with Gasteiger partial charge in [0.25, 0.3) is 0 Å². The van der Waals surface area contributed by atoms with E-state index in [9.17, 15) is 0 Å². The van der Waals surface area contributed by atoms with Crippen LogP contribution in [0.15, 0.2) is 30.4 Å². The van der Waals surface area contributed by atoms with Crippen LogP contribution in [0.4, 0.5) is 0 Å². The number of halogens is 2. The molecule has 0 radical (unpaired) electrons. The molecular formula is C11H13Cl2N. The number of benzene rings is 1. The van der Waals surface area contributed by atoms with Crippen LogP contribution in [0.5, 0.6) is 0 Å². The van der Waals surface area contributed by atoms with Gasteiger partial charge in [0.05, 0.1) is 0 Å². The molecule has 3 heteroatoms. The lowest BCUT2D eigenvalue weighted by Gasteiger charge is -2.12. The molecule has 1 nitrogen and oxygen atoms in total. The summed E-state index contributed by atoms with van der Waals surface area (Å²) in [6.07, 6.45) is 0.747. The summed E-state index contributed by atoms with van der Waals surface area (Å²) in [5.74, 6) is 0.